The van der Waals surface area contributed by atoms with Crippen LogP contribution in [0.3, 0.4) is 0 Å². The summed E-state index contributed by atoms with van der Waals surface area (Å²) in [6.07, 6.45) is -1.63. The van der Waals surface area contributed by atoms with Gasteiger partial charge in [-0.15, -0.1) is 0 Å². The molecule has 2 amide bonds. The van der Waals surface area contributed by atoms with E-state index in [-0.39, 0.29) is 6.42 Å². The van der Waals surface area contributed by atoms with Crippen LogP contribution in [0.15, 0.2) is 0 Å². The summed E-state index contributed by atoms with van der Waals surface area (Å²) >= 11 is 2.05. The molecule has 8 heteroatoms. The second kappa shape index (κ2) is 8.70. The van der Waals surface area contributed by atoms with Crippen molar-refractivity contribution in [2.45, 2.75) is 65.2 Å². The number of hydrogen-bond acceptors (Lipinski definition) is 6. The van der Waals surface area contributed by atoms with E-state index in [0.717, 1.165) is 0 Å². The summed E-state index contributed by atoms with van der Waals surface area (Å²) in [5.74, 6) is -0.696. The van der Waals surface area contributed by atoms with Crippen LogP contribution >= 0.6 is 22.6 Å². The number of ether oxygens (including phenoxy) is 3. The minimum atomic E-state index is -1.10. The number of alkyl halides is 1. The van der Waals surface area contributed by atoms with Gasteiger partial charge in [-0.05, 0) is 48.0 Å². The van der Waals surface area contributed by atoms with Crippen molar-refractivity contribution in [3.8, 4) is 0 Å². The highest BCUT2D eigenvalue weighted by Gasteiger charge is 2.40. The first-order chi connectivity index (χ1) is 10.3. The minimum Gasteiger partial charge on any atom is -0.467 e. The predicted molar refractivity (Wildman–Crippen MR) is 93.6 cm³/mol. The molecule has 0 aliphatic carbocycles. The Kier molecular flexibility index (Phi) is 8.30. The van der Waals surface area contributed by atoms with Crippen molar-refractivity contribution in [1.29, 1.82) is 0 Å². The molecule has 23 heavy (non-hydrogen) atoms. The van der Waals surface area contributed by atoms with Crippen molar-refractivity contribution in [1.82, 2.24) is 4.90 Å². The highest BCUT2D eigenvalue weighted by molar-refractivity contribution is 14.1. The molecule has 0 aliphatic heterocycles. The summed E-state index contributed by atoms with van der Waals surface area (Å²) in [6.45, 7) is 10.0. The Balaban J connectivity index is 5.62. The van der Waals surface area contributed by atoms with Crippen molar-refractivity contribution in [3.05, 3.63) is 0 Å². The maximum absolute atomic E-state index is 12.4. The molecule has 0 aromatic heterocycles. The smallest absolute Gasteiger partial charge is 0.420 e. The number of methoxy groups -OCH3 is 1. The van der Waals surface area contributed by atoms with Crippen molar-refractivity contribution in [2.24, 2.45) is 0 Å². The molecule has 0 unspecified atom stereocenters. The zero-order valence-electron chi connectivity index (χ0n) is 14.8. The van der Waals surface area contributed by atoms with E-state index in [0.29, 0.717) is 9.33 Å². The molecule has 0 radical (unpaired) electrons. The highest BCUT2D eigenvalue weighted by Crippen LogP contribution is 2.19. The number of imide groups is 1. The Morgan fingerprint density at radius 2 is 1.35 bits per heavy atom. The van der Waals surface area contributed by atoms with Gasteiger partial charge in [0.05, 0.1) is 7.11 Å². The molecular weight excluding hydrogens is 417 g/mol. The fourth-order valence-corrected chi connectivity index (χ4v) is 2.13. The van der Waals surface area contributed by atoms with Crippen LogP contribution in [0, 0.1) is 0 Å². The van der Waals surface area contributed by atoms with Gasteiger partial charge in [-0.2, -0.15) is 4.90 Å². The van der Waals surface area contributed by atoms with Gasteiger partial charge < -0.3 is 14.2 Å². The monoisotopic (exact) mass is 443 g/mol. The third-order valence-electron chi connectivity index (χ3n) is 2.35. The largest absolute Gasteiger partial charge is 0.467 e. The van der Waals surface area contributed by atoms with E-state index in [9.17, 15) is 14.4 Å². The van der Waals surface area contributed by atoms with E-state index < -0.39 is 35.4 Å². The number of carbonyl (C=O) groups is 3. The quantitative estimate of drug-likeness (QED) is 0.286. The normalized spacial score (nSPS) is 13.0. The lowest BCUT2D eigenvalue weighted by molar-refractivity contribution is -0.146. The summed E-state index contributed by atoms with van der Waals surface area (Å²) in [6, 6.07) is -1.10. The number of carbonyl (C=O) groups excluding carboxylic acids is 3. The topological polar surface area (TPSA) is 82.1 Å². The lowest BCUT2D eigenvalue weighted by Gasteiger charge is -2.32. The SMILES string of the molecule is COC(=O)[C@H](CCI)N(C(=O)OC(C)(C)C)C(=O)OC(C)(C)C. The Labute approximate surface area is 151 Å². The molecule has 0 heterocycles. The second-order valence-corrected chi connectivity index (χ2v) is 7.93. The van der Waals surface area contributed by atoms with Crippen LogP contribution < -0.4 is 0 Å². The molecule has 0 saturated heterocycles. The fraction of sp³-hybridized carbons (Fsp3) is 0.800. The van der Waals surface area contributed by atoms with Gasteiger partial charge in [0.1, 0.15) is 17.2 Å². The Morgan fingerprint density at radius 1 is 0.957 bits per heavy atom. The van der Waals surface area contributed by atoms with Crippen molar-refractivity contribution in [2.75, 3.05) is 11.5 Å². The first kappa shape index (κ1) is 21.9. The molecule has 134 valence electrons. The van der Waals surface area contributed by atoms with Crippen LogP contribution in [0.1, 0.15) is 48.0 Å². The molecule has 0 aliphatic rings. The average molecular weight is 443 g/mol. The Morgan fingerprint density at radius 3 is 1.61 bits per heavy atom. The van der Waals surface area contributed by atoms with Crippen LogP contribution in [0.4, 0.5) is 9.59 Å². The van der Waals surface area contributed by atoms with Gasteiger partial charge in [-0.3, -0.25) is 0 Å². The van der Waals surface area contributed by atoms with Gasteiger partial charge in [0, 0.05) is 4.43 Å². The summed E-state index contributed by atoms with van der Waals surface area (Å²) in [4.78, 5) is 37.5. The van der Waals surface area contributed by atoms with Gasteiger partial charge in [0.25, 0.3) is 0 Å². The average Bonchev–Trinajstić information content (AvgIpc) is 2.32. The Bertz CT molecular complexity index is 410. The summed E-state index contributed by atoms with van der Waals surface area (Å²) < 4.78 is 15.7. The third-order valence-corrected chi connectivity index (χ3v) is 2.97. The number of rotatable bonds is 4. The first-order valence-corrected chi connectivity index (χ1v) is 8.74. The molecular formula is C15H26INO6. The summed E-state index contributed by atoms with van der Waals surface area (Å²) in [7, 11) is 1.20. The van der Waals surface area contributed by atoms with E-state index >= 15 is 0 Å². The summed E-state index contributed by atoms with van der Waals surface area (Å²) in [5.41, 5.74) is -1.63. The van der Waals surface area contributed by atoms with E-state index in [2.05, 4.69) is 22.6 Å². The van der Waals surface area contributed by atoms with Gasteiger partial charge in [0.15, 0.2) is 0 Å². The van der Waals surface area contributed by atoms with Crippen LogP contribution in [0.25, 0.3) is 0 Å². The zero-order valence-corrected chi connectivity index (χ0v) is 16.9. The number of esters is 1. The molecule has 0 aromatic carbocycles. The van der Waals surface area contributed by atoms with Gasteiger partial charge >= 0.3 is 18.2 Å². The zero-order chi connectivity index (χ0) is 18.4. The maximum atomic E-state index is 12.4. The van der Waals surface area contributed by atoms with E-state index in [1.54, 1.807) is 41.5 Å². The number of halogens is 1. The number of hydrogen-bond donors (Lipinski definition) is 0. The van der Waals surface area contributed by atoms with Crippen LogP contribution in [-0.2, 0) is 19.0 Å². The van der Waals surface area contributed by atoms with Crippen LogP contribution in [0.2, 0.25) is 0 Å². The minimum absolute atomic E-state index is 0.242. The van der Waals surface area contributed by atoms with Crippen LogP contribution in [0.5, 0.6) is 0 Å². The molecule has 0 saturated carbocycles. The maximum Gasteiger partial charge on any atom is 0.420 e. The number of nitrogens with zero attached hydrogens (tertiary/aromatic N) is 1. The second-order valence-electron chi connectivity index (χ2n) is 6.85. The molecule has 7 nitrogen and oxygen atoms in total. The molecule has 0 rings (SSSR count). The molecule has 0 spiro atoms. The molecule has 0 fully saturated rings. The highest BCUT2D eigenvalue weighted by atomic mass is 127. The van der Waals surface area contributed by atoms with E-state index in [1.165, 1.54) is 7.11 Å². The lowest BCUT2D eigenvalue weighted by Crippen LogP contribution is -2.52. The van der Waals surface area contributed by atoms with Crippen molar-refractivity contribution < 1.29 is 28.6 Å². The molecule has 0 aromatic rings. The fourth-order valence-electron chi connectivity index (χ4n) is 1.54. The first-order valence-electron chi connectivity index (χ1n) is 7.21. The number of amides is 2. The Hall–Kier alpha value is -1.06. The standard InChI is InChI=1S/C15H26INO6/c1-14(2,3)22-12(19)17(13(20)23-15(4,5)6)10(8-9-16)11(18)21-7/h10H,8-9H2,1-7H3/t10-/m0/s1. The third kappa shape index (κ3) is 8.38. The summed E-state index contributed by atoms with van der Waals surface area (Å²) in [5, 5.41) is 0. The van der Waals surface area contributed by atoms with Crippen molar-refractivity contribution in [3.63, 3.8) is 0 Å². The van der Waals surface area contributed by atoms with E-state index in [1.807, 2.05) is 0 Å². The molecule has 0 N–H and O–H groups in total. The lowest BCUT2D eigenvalue weighted by atomic mass is 10.2. The van der Waals surface area contributed by atoms with Gasteiger partial charge in [0.2, 0.25) is 0 Å². The molecule has 0 bridgehead atoms. The predicted octanol–water partition coefficient (Wildman–Crippen LogP) is 3.53. The molecule has 1 atom stereocenters. The van der Waals surface area contributed by atoms with Gasteiger partial charge in [-0.25, -0.2) is 14.4 Å². The van der Waals surface area contributed by atoms with E-state index in [4.69, 9.17) is 14.2 Å². The van der Waals surface area contributed by atoms with Crippen molar-refractivity contribution >= 4 is 40.7 Å². The van der Waals surface area contributed by atoms with Crippen LogP contribution in [-0.4, -0.2) is 51.8 Å². The van der Waals surface area contributed by atoms with Gasteiger partial charge in [-0.1, -0.05) is 22.6 Å².